The quantitative estimate of drug-likeness (QED) is 0.143. The van der Waals surface area contributed by atoms with E-state index >= 15 is 0 Å². The van der Waals surface area contributed by atoms with Crippen LogP contribution in [-0.4, -0.2) is 74.9 Å². The minimum absolute atomic E-state index is 0.0527. The van der Waals surface area contributed by atoms with Crippen molar-refractivity contribution in [3.05, 3.63) is 93.6 Å². The lowest BCUT2D eigenvalue weighted by Gasteiger charge is -2.19. The van der Waals surface area contributed by atoms with Crippen molar-refractivity contribution < 1.29 is 50.8 Å². The molecule has 2 heterocycles. The molecule has 0 fully saturated rings. The van der Waals surface area contributed by atoms with Gasteiger partial charge in [0.15, 0.2) is 17.6 Å². The number of aliphatic hydroxyl groups is 1. The molecule has 224 valence electrons. The van der Waals surface area contributed by atoms with Gasteiger partial charge in [0.2, 0.25) is 0 Å². The van der Waals surface area contributed by atoms with Crippen LogP contribution < -0.4 is 10.6 Å². The van der Waals surface area contributed by atoms with Crippen LogP contribution in [0.1, 0.15) is 22.5 Å². The standard InChI is InChI=1S/C25H20N4O12S2/c30-22-18(20(24(32)33)26-28(22)14-6-10-16(11-7-14)42(36,37)38)4-2-1-3-5-19-21(25(34)35)27-29(23(19)31)15-8-12-17(13-9-15)43(39,40)41/h1,4-13,22,27,30H,2H2,(H,32,33)(H,34,35)(H,36,37,38)(H,39,40,41). The number of carboxylic acid groups (broad SMARTS) is 2. The van der Waals surface area contributed by atoms with Crippen LogP contribution in [0.25, 0.3) is 11.8 Å². The van der Waals surface area contributed by atoms with Crippen molar-refractivity contribution in [2.24, 2.45) is 5.10 Å². The third-order valence-electron chi connectivity index (χ3n) is 5.93. The van der Waals surface area contributed by atoms with Crippen molar-refractivity contribution in [2.45, 2.75) is 22.4 Å². The normalized spacial score (nSPS) is 16.1. The van der Waals surface area contributed by atoms with E-state index in [2.05, 4.69) is 15.9 Å². The van der Waals surface area contributed by atoms with Gasteiger partial charge in [0.1, 0.15) is 0 Å². The Morgan fingerprint density at radius 3 is 1.93 bits per heavy atom. The van der Waals surface area contributed by atoms with Gasteiger partial charge < -0.3 is 15.3 Å². The summed E-state index contributed by atoms with van der Waals surface area (Å²) in [6, 6.07) is 8.86. The maximum absolute atomic E-state index is 12.9. The monoisotopic (exact) mass is 632 g/mol. The second-order valence-electron chi connectivity index (χ2n) is 8.67. The number of aliphatic hydroxyl groups excluding tert-OH is 1. The number of H-pyrrole nitrogens is 1. The molecule has 0 saturated carbocycles. The second kappa shape index (κ2) is 11.6. The van der Waals surface area contributed by atoms with Crippen LogP contribution in [0.5, 0.6) is 0 Å². The number of rotatable bonds is 9. The number of hydrogen-bond acceptors (Lipinski definition) is 10. The zero-order valence-electron chi connectivity index (χ0n) is 21.4. The van der Waals surface area contributed by atoms with E-state index in [1.54, 1.807) is 0 Å². The number of allylic oxidation sites excluding steroid dienone is 2. The molecule has 43 heavy (non-hydrogen) atoms. The van der Waals surface area contributed by atoms with Crippen LogP contribution in [0.2, 0.25) is 0 Å². The molecule has 1 atom stereocenters. The van der Waals surface area contributed by atoms with Crippen molar-refractivity contribution >= 4 is 49.6 Å². The average Bonchev–Trinajstić information content (AvgIpc) is 3.44. The molecule has 0 radical (unpaired) electrons. The zero-order valence-corrected chi connectivity index (χ0v) is 23.0. The number of anilines is 1. The summed E-state index contributed by atoms with van der Waals surface area (Å²) in [6.45, 7) is 0. The maximum Gasteiger partial charge on any atom is 0.356 e. The highest BCUT2D eigenvalue weighted by Crippen LogP contribution is 2.28. The van der Waals surface area contributed by atoms with Crippen molar-refractivity contribution in [1.82, 2.24) is 9.78 Å². The van der Waals surface area contributed by atoms with E-state index in [9.17, 15) is 46.5 Å². The zero-order chi connectivity index (χ0) is 31.7. The van der Waals surface area contributed by atoms with Crippen molar-refractivity contribution in [2.75, 3.05) is 5.01 Å². The Balaban J connectivity index is 1.59. The minimum Gasteiger partial charge on any atom is -0.477 e. The Bertz CT molecular complexity index is 2020. The molecule has 18 heteroatoms. The lowest BCUT2D eigenvalue weighted by Crippen LogP contribution is -2.28. The van der Waals surface area contributed by atoms with Crippen LogP contribution in [0.15, 0.2) is 91.7 Å². The molecule has 3 aromatic rings. The molecule has 1 unspecified atom stereocenters. The van der Waals surface area contributed by atoms with E-state index in [1.165, 1.54) is 36.4 Å². The van der Waals surface area contributed by atoms with Crippen LogP contribution in [0, 0.1) is 0 Å². The van der Waals surface area contributed by atoms with Gasteiger partial charge >= 0.3 is 11.9 Å². The number of carbonyl (C=O) groups is 2. The van der Waals surface area contributed by atoms with Gasteiger partial charge in [0, 0.05) is 5.57 Å². The summed E-state index contributed by atoms with van der Waals surface area (Å²) < 4.78 is 64.1. The summed E-state index contributed by atoms with van der Waals surface area (Å²) in [4.78, 5) is 35.5. The molecule has 1 aromatic heterocycles. The number of aromatic amines is 1. The van der Waals surface area contributed by atoms with Gasteiger partial charge in [-0.3, -0.25) is 19.0 Å². The number of nitrogens with zero attached hydrogens (tertiary/aromatic N) is 3. The number of aliphatic carboxylic acids is 1. The molecular weight excluding hydrogens is 612 g/mol. The third-order valence-corrected chi connectivity index (χ3v) is 7.66. The number of aromatic nitrogens is 2. The Hall–Kier alpha value is -5.10. The predicted octanol–water partition coefficient (Wildman–Crippen LogP) is 1.12. The summed E-state index contributed by atoms with van der Waals surface area (Å²) in [5.74, 6) is -2.95. The highest BCUT2D eigenvalue weighted by atomic mass is 32.2. The number of benzene rings is 2. The topological polar surface area (TPSA) is 257 Å². The Labute approximate surface area is 241 Å². The smallest absolute Gasteiger partial charge is 0.356 e. The van der Waals surface area contributed by atoms with E-state index in [1.807, 2.05) is 0 Å². The molecule has 1 aliphatic heterocycles. The fourth-order valence-electron chi connectivity index (χ4n) is 3.90. The number of carboxylic acids is 2. The first-order chi connectivity index (χ1) is 20.1. The highest BCUT2D eigenvalue weighted by molar-refractivity contribution is 7.86. The molecule has 0 saturated heterocycles. The SMILES string of the molecule is O=C(O)C1=NN(c2ccc(S(=O)(=O)O)cc2)C(O)C1=CCC=C=Cc1c(C(=O)O)[nH]n(-c2ccc(S(=O)(=O)O)cc2)c1=O. The first-order valence-electron chi connectivity index (χ1n) is 11.7. The lowest BCUT2D eigenvalue weighted by molar-refractivity contribution is -0.129. The van der Waals surface area contributed by atoms with E-state index in [0.29, 0.717) is 0 Å². The fraction of sp³-hybridized carbons (Fsp3) is 0.0800. The van der Waals surface area contributed by atoms with Gasteiger partial charge in [-0.1, -0.05) is 6.08 Å². The van der Waals surface area contributed by atoms with Gasteiger partial charge in [0.05, 0.1) is 26.7 Å². The molecule has 6 N–H and O–H groups in total. The molecule has 16 nitrogen and oxygen atoms in total. The van der Waals surface area contributed by atoms with Crippen LogP contribution >= 0.6 is 0 Å². The number of hydrogen-bond donors (Lipinski definition) is 6. The third kappa shape index (κ3) is 6.54. The first-order valence-corrected chi connectivity index (χ1v) is 14.6. The summed E-state index contributed by atoms with van der Waals surface area (Å²) >= 11 is 0. The number of nitrogens with one attached hydrogen (secondary N) is 1. The summed E-state index contributed by atoms with van der Waals surface area (Å²) in [5, 5.41) is 37.0. The van der Waals surface area contributed by atoms with Crippen molar-refractivity contribution in [1.29, 1.82) is 0 Å². The summed E-state index contributed by atoms with van der Waals surface area (Å²) in [6.07, 6.45) is 2.04. The largest absolute Gasteiger partial charge is 0.477 e. The van der Waals surface area contributed by atoms with E-state index in [-0.39, 0.29) is 28.9 Å². The predicted molar refractivity (Wildman–Crippen MR) is 148 cm³/mol. The minimum atomic E-state index is -4.49. The van der Waals surface area contributed by atoms with E-state index in [0.717, 1.165) is 40.0 Å². The number of aromatic carboxylic acids is 1. The van der Waals surface area contributed by atoms with Gasteiger partial charge in [-0.05, 0) is 67.1 Å². The molecule has 0 spiro atoms. The summed E-state index contributed by atoms with van der Waals surface area (Å²) in [7, 11) is -8.97. The molecule has 2 aromatic carbocycles. The van der Waals surface area contributed by atoms with Gasteiger partial charge in [0.25, 0.3) is 25.8 Å². The number of hydrazone groups is 1. The first kappa shape index (κ1) is 30.8. The molecule has 1 aliphatic rings. The molecule has 0 bridgehead atoms. The van der Waals surface area contributed by atoms with E-state index in [4.69, 9.17) is 9.11 Å². The molecule has 4 rings (SSSR count). The fourth-order valence-corrected chi connectivity index (χ4v) is 4.86. The molecule has 0 amide bonds. The van der Waals surface area contributed by atoms with E-state index < -0.39 is 65.2 Å². The Morgan fingerprint density at radius 2 is 1.44 bits per heavy atom. The lowest BCUT2D eigenvalue weighted by atomic mass is 10.1. The maximum atomic E-state index is 12.9. The molecular formula is C25H20N4O12S2. The molecule has 0 aliphatic carbocycles. The Morgan fingerprint density at radius 1 is 0.907 bits per heavy atom. The Kier molecular flexibility index (Phi) is 8.36. The van der Waals surface area contributed by atoms with Crippen LogP contribution in [-0.2, 0) is 25.0 Å². The van der Waals surface area contributed by atoms with Gasteiger partial charge in [-0.25, -0.2) is 19.3 Å². The second-order valence-corrected chi connectivity index (χ2v) is 11.5. The van der Waals surface area contributed by atoms with Crippen LogP contribution in [0.3, 0.4) is 0 Å². The highest BCUT2D eigenvalue weighted by Gasteiger charge is 2.35. The van der Waals surface area contributed by atoms with Gasteiger partial charge in [-0.2, -0.15) is 21.9 Å². The van der Waals surface area contributed by atoms with Crippen molar-refractivity contribution in [3.63, 3.8) is 0 Å². The van der Waals surface area contributed by atoms with Crippen molar-refractivity contribution in [3.8, 4) is 5.69 Å². The van der Waals surface area contributed by atoms with Crippen LogP contribution in [0.4, 0.5) is 5.69 Å². The summed E-state index contributed by atoms with van der Waals surface area (Å²) in [5.41, 5.74) is 0.529. The van der Waals surface area contributed by atoms with Gasteiger partial charge in [-0.15, -0.1) is 5.73 Å². The average molecular weight is 633 g/mol.